The van der Waals surface area contributed by atoms with Crippen LogP contribution in [0.3, 0.4) is 0 Å². The Hall–Kier alpha value is -1.24. The molecular weight excluding hydrogens is 456 g/mol. The van der Waals surface area contributed by atoms with Crippen molar-refractivity contribution >= 4 is 48.8 Å². The molecule has 0 aliphatic carbocycles. The number of sulfonamides is 2. The highest BCUT2D eigenvalue weighted by atomic mass is 35.5. The molecule has 160 valence electrons. The molecule has 0 amide bonds. The van der Waals surface area contributed by atoms with Crippen LogP contribution in [0.1, 0.15) is 13.8 Å². The topological polar surface area (TPSA) is 90.9 Å². The molecular formula is C17H23ClN4O4S3. The normalized spacial score (nSPS) is 16.5. The van der Waals surface area contributed by atoms with Crippen LogP contribution in [-0.4, -0.2) is 69.7 Å². The number of hydrogen-bond donors (Lipinski definition) is 0. The van der Waals surface area contributed by atoms with Crippen molar-refractivity contribution in [3.05, 3.63) is 34.8 Å². The molecule has 2 aromatic heterocycles. The molecule has 1 saturated heterocycles. The molecule has 3 rings (SSSR count). The first-order valence-corrected chi connectivity index (χ1v) is 13.2. The number of hydrogen-bond acceptors (Lipinski definition) is 7. The summed E-state index contributed by atoms with van der Waals surface area (Å²) in [5.74, 6) is 0.625. The lowest BCUT2D eigenvalue weighted by atomic mass is 10.3. The minimum atomic E-state index is -3.55. The molecule has 2 aromatic rings. The minimum Gasteiger partial charge on any atom is -0.354 e. The number of anilines is 1. The van der Waals surface area contributed by atoms with E-state index in [1.165, 1.54) is 20.9 Å². The fourth-order valence-electron chi connectivity index (χ4n) is 3.15. The Morgan fingerprint density at radius 1 is 1.03 bits per heavy atom. The van der Waals surface area contributed by atoms with Gasteiger partial charge in [-0.3, -0.25) is 0 Å². The molecule has 0 aromatic carbocycles. The number of pyridine rings is 1. The van der Waals surface area contributed by atoms with Crippen molar-refractivity contribution < 1.29 is 16.8 Å². The lowest BCUT2D eigenvalue weighted by Gasteiger charge is -2.34. The zero-order chi connectivity index (χ0) is 21.2. The third kappa shape index (κ3) is 4.59. The summed E-state index contributed by atoms with van der Waals surface area (Å²) >= 11 is 6.91. The van der Waals surface area contributed by atoms with E-state index in [9.17, 15) is 16.8 Å². The van der Waals surface area contributed by atoms with E-state index in [0.717, 1.165) is 11.3 Å². The van der Waals surface area contributed by atoms with Gasteiger partial charge in [0.05, 0.1) is 4.34 Å². The quantitative estimate of drug-likeness (QED) is 0.606. The third-order valence-electron chi connectivity index (χ3n) is 4.77. The number of aromatic nitrogens is 1. The van der Waals surface area contributed by atoms with Crippen molar-refractivity contribution in [2.24, 2.45) is 0 Å². The Labute approximate surface area is 180 Å². The first-order chi connectivity index (χ1) is 13.7. The fourth-order valence-corrected chi connectivity index (χ4v) is 7.61. The van der Waals surface area contributed by atoms with Gasteiger partial charge >= 0.3 is 0 Å². The van der Waals surface area contributed by atoms with Gasteiger partial charge in [-0.1, -0.05) is 25.4 Å². The highest BCUT2D eigenvalue weighted by molar-refractivity contribution is 7.91. The van der Waals surface area contributed by atoms with Gasteiger partial charge in [-0.15, -0.1) is 11.3 Å². The predicted molar refractivity (Wildman–Crippen MR) is 115 cm³/mol. The predicted octanol–water partition coefficient (Wildman–Crippen LogP) is 2.34. The van der Waals surface area contributed by atoms with E-state index >= 15 is 0 Å². The molecule has 0 spiro atoms. The van der Waals surface area contributed by atoms with Crippen LogP contribution in [0.5, 0.6) is 0 Å². The lowest BCUT2D eigenvalue weighted by molar-refractivity contribution is 0.384. The molecule has 0 saturated carbocycles. The van der Waals surface area contributed by atoms with E-state index in [1.807, 2.05) is 4.90 Å². The average Bonchev–Trinajstić information content (AvgIpc) is 3.16. The van der Waals surface area contributed by atoms with Crippen LogP contribution in [0.15, 0.2) is 39.6 Å². The van der Waals surface area contributed by atoms with E-state index < -0.39 is 20.0 Å². The van der Waals surface area contributed by atoms with E-state index in [4.69, 9.17) is 11.6 Å². The van der Waals surface area contributed by atoms with E-state index in [-0.39, 0.29) is 9.10 Å². The molecule has 0 unspecified atom stereocenters. The summed E-state index contributed by atoms with van der Waals surface area (Å²) in [5.41, 5.74) is 0. The Morgan fingerprint density at radius 3 is 2.17 bits per heavy atom. The second-order valence-corrected chi connectivity index (χ2v) is 12.2. The lowest BCUT2D eigenvalue weighted by Crippen LogP contribution is -2.48. The molecule has 0 N–H and O–H groups in total. The minimum absolute atomic E-state index is 0.153. The number of rotatable bonds is 7. The Bertz CT molecular complexity index is 1040. The van der Waals surface area contributed by atoms with Crippen LogP contribution in [0.2, 0.25) is 4.34 Å². The first kappa shape index (κ1) is 22.4. The molecule has 0 bridgehead atoms. The Kier molecular flexibility index (Phi) is 6.86. The molecule has 1 aliphatic heterocycles. The van der Waals surface area contributed by atoms with Gasteiger partial charge in [0, 0.05) is 45.5 Å². The fraction of sp³-hybridized carbons (Fsp3) is 0.471. The molecule has 1 fully saturated rings. The molecule has 12 heteroatoms. The van der Waals surface area contributed by atoms with Gasteiger partial charge in [-0.25, -0.2) is 21.8 Å². The maximum Gasteiger partial charge on any atom is 0.252 e. The summed E-state index contributed by atoms with van der Waals surface area (Å²) in [6, 6.07) is 6.31. The molecule has 0 atom stereocenters. The SMILES string of the molecule is CCN(CC)S(=O)(=O)c1ccc(N2CCN(S(=O)(=O)c3ccc(Cl)s3)CC2)nc1. The highest BCUT2D eigenvalue weighted by Gasteiger charge is 2.30. The highest BCUT2D eigenvalue weighted by Crippen LogP contribution is 2.29. The number of nitrogens with zero attached hydrogens (tertiary/aromatic N) is 4. The maximum absolute atomic E-state index is 12.7. The van der Waals surface area contributed by atoms with Gasteiger partial charge in [0.1, 0.15) is 14.9 Å². The van der Waals surface area contributed by atoms with Crippen LogP contribution in [0.25, 0.3) is 0 Å². The standard InChI is InChI=1S/C17H23ClN4O4S3/c1-3-21(4-2)28(23,24)14-5-7-16(19-13-14)20-9-11-22(12-10-20)29(25,26)17-8-6-15(18)27-17/h5-8,13H,3-4,9-12H2,1-2H3. The van der Waals surface area contributed by atoms with Gasteiger partial charge in [-0.05, 0) is 24.3 Å². The van der Waals surface area contributed by atoms with Gasteiger partial charge in [0.2, 0.25) is 10.0 Å². The average molecular weight is 479 g/mol. The van der Waals surface area contributed by atoms with Crippen molar-refractivity contribution in [1.29, 1.82) is 0 Å². The number of thiophene rings is 1. The van der Waals surface area contributed by atoms with E-state index in [0.29, 0.717) is 49.4 Å². The van der Waals surface area contributed by atoms with Crippen LogP contribution >= 0.6 is 22.9 Å². The summed E-state index contributed by atoms with van der Waals surface area (Å²) in [6.07, 6.45) is 1.36. The van der Waals surface area contributed by atoms with Gasteiger partial charge in [0.15, 0.2) is 0 Å². The monoisotopic (exact) mass is 478 g/mol. The Balaban J connectivity index is 1.69. The smallest absolute Gasteiger partial charge is 0.252 e. The molecule has 3 heterocycles. The zero-order valence-electron chi connectivity index (χ0n) is 16.2. The van der Waals surface area contributed by atoms with Crippen molar-refractivity contribution in [2.45, 2.75) is 23.0 Å². The molecule has 1 aliphatic rings. The molecule has 29 heavy (non-hydrogen) atoms. The number of halogens is 1. The Morgan fingerprint density at radius 2 is 1.69 bits per heavy atom. The van der Waals surface area contributed by atoms with Crippen LogP contribution < -0.4 is 4.90 Å². The van der Waals surface area contributed by atoms with Gasteiger partial charge < -0.3 is 4.90 Å². The van der Waals surface area contributed by atoms with Crippen molar-refractivity contribution in [1.82, 2.24) is 13.6 Å². The second-order valence-electron chi connectivity index (χ2n) is 6.39. The van der Waals surface area contributed by atoms with Crippen molar-refractivity contribution in [2.75, 3.05) is 44.2 Å². The first-order valence-electron chi connectivity index (χ1n) is 9.16. The summed E-state index contributed by atoms with van der Waals surface area (Å²) in [6.45, 7) is 5.94. The van der Waals surface area contributed by atoms with Gasteiger partial charge in [0.25, 0.3) is 10.0 Å². The van der Waals surface area contributed by atoms with Crippen LogP contribution in [0, 0.1) is 0 Å². The maximum atomic E-state index is 12.7. The summed E-state index contributed by atoms with van der Waals surface area (Å²) in [4.78, 5) is 6.40. The molecule has 0 radical (unpaired) electrons. The zero-order valence-corrected chi connectivity index (χ0v) is 19.4. The third-order valence-corrected chi connectivity index (χ3v) is 10.4. The van der Waals surface area contributed by atoms with Crippen LogP contribution in [0.4, 0.5) is 5.82 Å². The second kappa shape index (κ2) is 8.86. The summed E-state index contributed by atoms with van der Waals surface area (Å²) in [5, 5.41) is 0. The van der Waals surface area contributed by atoms with E-state index in [2.05, 4.69) is 4.98 Å². The summed E-state index contributed by atoms with van der Waals surface area (Å²) in [7, 11) is -7.10. The number of piperazine rings is 1. The van der Waals surface area contributed by atoms with Crippen molar-refractivity contribution in [3.8, 4) is 0 Å². The summed E-state index contributed by atoms with van der Waals surface area (Å²) < 4.78 is 54.0. The molecule has 8 nitrogen and oxygen atoms in total. The van der Waals surface area contributed by atoms with Gasteiger partial charge in [-0.2, -0.15) is 8.61 Å². The van der Waals surface area contributed by atoms with Crippen molar-refractivity contribution in [3.63, 3.8) is 0 Å². The largest absolute Gasteiger partial charge is 0.354 e. The van der Waals surface area contributed by atoms with Crippen LogP contribution in [-0.2, 0) is 20.0 Å². The van der Waals surface area contributed by atoms with E-state index in [1.54, 1.807) is 32.0 Å².